The van der Waals surface area contributed by atoms with Crippen LogP contribution in [-0.2, 0) is 4.74 Å². The predicted molar refractivity (Wildman–Crippen MR) is 80.5 cm³/mol. The molecule has 3 nitrogen and oxygen atoms in total. The number of hydrogen-bond donors (Lipinski definition) is 1. The highest BCUT2D eigenvalue weighted by Gasteiger charge is 2.22. The largest absolute Gasteiger partial charge is 0.508 e. The first kappa shape index (κ1) is 14.9. The summed E-state index contributed by atoms with van der Waals surface area (Å²) in [7, 11) is 0. The second-order valence-corrected chi connectivity index (χ2v) is 5.03. The molecule has 1 fully saturated rings. The Morgan fingerprint density at radius 2 is 2.05 bits per heavy atom. The van der Waals surface area contributed by atoms with Crippen LogP contribution in [0.25, 0.3) is 0 Å². The average Bonchev–Trinajstić information content (AvgIpc) is 2.49. The molecule has 1 atom stereocenters. The third-order valence-electron chi connectivity index (χ3n) is 3.54. The summed E-state index contributed by atoms with van der Waals surface area (Å²) in [5.74, 6) is 6.94. The highest BCUT2D eigenvalue weighted by Crippen LogP contribution is 2.28. The topological polar surface area (TPSA) is 32.7 Å². The molecule has 1 aliphatic rings. The maximum atomic E-state index is 10.1. The molecule has 1 N–H and O–H groups in total. The summed E-state index contributed by atoms with van der Waals surface area (Å²) in [5, 5.41) is 10.1. The van der Waals surface area contributed by atoms with E-state index in [1.54, 1.807) is 6.07 Å². The van der Waals surface area contributed by atoms with E-state index in [9.17, 15) is 5.11 Å². The monoisotopic (exact) mass is 273 g/mol. The number of hydrogen-bond acceptors (Lipinski definition) is 3. The van der Waals surface area contributed by atoms with Gasteiger partial charge in [-0.2, -0.15) is 0 Å². The van der Waals surface area contributed by atoms with E-state index in [1.165, 1.54) is 0 Å². The number of benzene rings is 1. The Labute approximate surface area is 121 Å². The number of para-hydroxylation sites is 1. The zero-order chi connectivity index (χ0) is 14.2. The fourth-order valence-corrected chi connectivity index (χ4v) is 2.35. The summed E-state index contributed by atoms with van der Waals surface area (Å²) in [4.78, 5) is 2.29. The minimum Gasteiger partial charge on any atom is -0.508 e. The fourth-order valence-electron chi connectivity index (χ4n) is 2.35. The van der Waals surface area contributed by atoms with E-state index in [1.807, 2.05) is 18.2 Å². The van der Waals surface area contributed by atoms with Crippen molar-refractivity contribution in [2.24, 2.45) is 0 Å². The molecule has 20 heavy (non-hydrogen) atoms. The molecule has 1 aliphatic heterocycles. The molecule has 1 aromatic rings. The van der Waals surface area contributed by atoms with Crippen LogP contribution in [0.2, 0.25) is 0 Å². The van der Waals surface area contributed by atoms with Crippen LogP contribution >= 0.6 is 0 Å². The molecule has 0 aliphatic carbocycles. The number of morpholine rings is 1. The first-order valence-electron chi connectivity index (χ1n) is 7.41. The highest BCUT2D eigenvalue weighted by molar-refractivity contribution is 5.39. The standard InChI is InChI=1S/C17H23NO2/c1-2-3-4-5-9-16(18-11-13-20-14-12-18)15-8-6-7-10-17(15)19/h6-8,10,16,19H,2-4,11-14H2,1H3. The first-order valence-corrected chi connectivity index (χ1v) is 7.41. The maximum absolute atomic E-state index is 10.1. The molecule has 0 amide bonds. The Balaban J connectivity index is 2.18. The molecule has 1 unspecified atom stereocenters. The molecule has 0 saturated carbocycles. The van der Waals surface area contributed by atoms with Crippen molar-refractivity contribution < 1.29 is 9.84 Å². The molecule has 1 heterocycles. The van der Waals surface area contributed by atoms with Gasteiger partial charge in [0, 0.05) is 25.1 Å². The van der Waals surface area contributed by atoms with E-state index >= 15 is 0 Å². The fraction of sp³-hybridized carbons (Fsp3) is 0.529. The molecule has 0 radical (unpaired) electrons. The number of aromatic hydroxyl groups is 1. The van der Waals surface area contributed by atoms with E-state index in [4.69, 9.17) is 4.74 Å². The van der Waals surface area contributed by atoms with Crippen molar-refractivity contribution >= 4 is 0 Å². The Morgan fingerprint density at radius 1 is 1.30 bits per heavy atom. The Morgan fingerprint density at radius 3 is 2.75 bits per heavy atom. The van der Waals surface area contributed by atoms with Crippen LogP contribution in [0, 0.1) is 11.8 Å². The molecule has 2 rings (SSSR count). The Hall–Kier alpha value is -1.50. The summed E-state index contributed by atoms with van der Waals surface area (Å²) in [6.45, 7) is 5.37. The average molecular weight is 273 g/mol. The lowest BCUT2D eigenvalue weighted by Crippen LogP contribution is -2.38. The molecule has 108 valence electrons. The summed E-state index contributed by atoms with van der Waals surface area (Å²) in [6, 6.07) is 7.47. The Bertz CT molecular complexity index is 469. The van der Waals surface area contributed by atoms with Crippen molar-refractivity contribution in [2.45, 2.75) is 32.2 Å². The quantitative estimate of drug-likeness (QED) is 0.676. The second kappa shape index (κ2) is 7.94. The van der Waals surface area contributed by atoms with Crippen molar-refractivity contribution in [1.82, 2.24) is 4.90 Å². The molecular formula is C17H23NO2. The van der Waals surface area contributed by atoms with Crippen LogP contribution in [0.3, 0.4) is 0 Å². The van der Waals surface area contributed by atoms with Gasteiger partial charge in [0.15, 0.2) is 0 Å². The van der Waals surface area contributed by atoms with Crippen LogP contribution in [0.15, 0.2) is 24.3 Å². The molecule has 0 spiro atoms. The number of rotatable bonds is 4. The number of unbranched alkanes of at least 4 members (excludes halogenated alkanes) is 2. The summed E-state index contributed by atoms with van der Waals surface area (Å²) in [5.41, 5.74) is 0.901. The molecular weight excluding hydrogens is 250 g/mol. The first-order chi connectivity index (χ1) is 9.83. The van der Waals surface area contributed by atoms with E-state index in [2.05, 4.69) is 23.7 Å². The number of nitrogens with zero attached hydrogens (tertiary/aromatic N) is 1. The van der Waals surface area contributed by atoms with Crippen LogP contribution in [0.1, 0.15) is 37.8 Å². The van der Waals surface area contributed by atoms with Gasteiger partial charge in [-0.25, -0.2) is 0 Å². The zero-order valence-corrected chi connectivity index (χ0v) is 12.1. The number of phenols is 1. The van der Waals surface area contributed by atoms with Crippen molar-refractivity contribution in [3.05, 3.63) is 29.8 Å². The Kier molecular flexibility index (Phi) is 5.91. The van der Waals surface area contributed by atoms with Crippen LogP contribution in [-0.4, -0.2) is 36.3 Å². The van der Waals surface area contributed by atoms with Gasteiger partial charge in [0.25, 0.3) is 0 Å². The molecule has 3 heteroatoms. The van der Waals surface area contributed by atoms with Crippen LogP contribution < -0.4 is 0 Å². The minimum absolute atomic E-state index is 0.0306. The zero-order valence-electron chi connectivity index (χ0n) is 12.1. The SMILES string of the molecule is CCCCC#CC(c1ccccc1O)N1CCOCC1. The second-order valence-electron chi connectivity index (χ2n) is 5.03. The van der Waals surface area contributed by atoms with E-state index < -0.39 is 0 Å². The van der Waals surface area contributed by atoms with Crippen LogP contribution in [0.5, 0.6) is 5.75 Å². The summed E-state index contributed by atoms with van der Waals surface area (Å²) >= 11 is 0. The van der Waals surface area contributed by atoms with E-state index in [0.29, 0.717) is 5.75 Å². The van der Waals surface area contributed by atoms with Gasteiger partial charge < -0.3 is 9.84 Å². The van der Waals surface area contributed by atoms with Gasteiger partial charge in [-0.3, -0.25) is 4.90 Å². The van der Waals surface area contributed by atoms with E-state index in [0.717, 1.165) is 51.1 Å². The third-order valence-corrected chi connectivity index (χ3v) is 3.54. The lowest BCUT2D eigenvalue weighted by atomic mass is 10.0. The summed E-state index contributed by atoms with van der Waals surface area (Å²) in [6.07, 6.45) is 3.21. The predicted octanol–water partition coefficient (Wildman–Crippen LogP) is 2.96. The number of phenolic OH excluding ortho intramolecular Hbond substituents is 1. The lowest BCUT2D eigenvalue weighted by Gasteiger charge is -2.32. The van der Waals surface area contributed by atoms with Crippen LogP contribution in [0.4, 0.5) is 0 Å². The smallest absolute Gasteiger partial charge is 0.121 e. The van der Waals surface area contributed by atoms with Gasteiger partial charge in [0.1, 0.15) is 11.8 Å². The normalized spacial score (nSPS) is 17.2. The van der Waals surface area contributed by atoms with Crippen molar-refractivity contribution in [1.29, 1.82) is 0 Å². The maximum Gasteiger partial charge on any atom is 0.121 e. The summed E-state index contributed by atoms with van der Waals surface area (Å²) < 4.78 is 5.41. The van der Waals surface area contributed by atoms with Gasteiger partial charge in [-0.1, -0.05) is 37.5 Å². The van der Waals surface area contributed by atoms with Gasteiger partial charge in [-0.05, 0) is 12.5 Å². The lowest BCUT2D eigenvalue weighted by molar-refractivity contribution is 0.0266. The highest BCUT2D eigenvalue weighted by atomic mass is 16.5. The van der Waals surface area contributed by atoms with E-state index in [-0.39, 0.29) is 6.04 Å². The molecule has 1 saturated heterocycles. The van der Waals surface area contributed by atoms with Gasteiger partial charge in [0.05, 0.1) is 13.2 Å². The molecule has 0 bridgehead atoms. The van der Waals surface area contributed by atoms with Crippen molar-refractivity contribution in [2.75, 3.05) is 26.3 Å². The number of ether oxygens (including phenoxy) is 1. The van der Waals surface area contributed by atoms with Gasteiger partial charge >= 0.3 is 0 Å². The van der Waals surface area contributed by atoms with Crippen molar-refractivity contribution in [3.8, 4) is 17.6 Å². The molecule has 0 aromatic heterocycles. The molecule has 1 aromatic carbocycles. The van der Waals surface area contributed by atoms with Gasteiger partial charge in [0.2, 0.25) is 0 Å². The van der Waals surface area contributed by atoms with Gasteiger partial charge in [-0.15, -0.1) is 5.92 Å². The minimum atomic E-state index is -0.0306. The van der Waals surface area contributed by atoms with Crippen molar-refractivity contribution in [3.63, 3.8) is 0 Å². The third kappa shape index (κ3) is 4.00.